The van der Waals surface area contributed by atoms with Gasteiger partial charge in [0.1, 0.15) is 11.6 Å². The SMILES string of the molecule is COc1ccc2nc(CN3CCN(C(=O)CCc4ccccc4)CC3)[nH]c2c1. The number of benzene rings is 2. The highest BCUT2D eigenvalue weighted by atomic mass is 16.5. The molecule has 1 amide bonds. The number of amides is 1. The van der Waals surface area contributed by atoms with Gasteiger partial charge in [-0.15, -0.1) is 0 Å². The number of fused-ring (bicyclic) bond motifs is 1. The number of imidazole rings is 1. The molecule has 28 heavy (non-hydrogen) atoms. The number of ether oxygens (including phenoxy) is 1. The molecule has 0 unspecified atom stereocenters. The first kappa shape index (κ1) is 18.5. The van der Waals surface area contributed by atoms with E-state index in [2.05, 4.69) is 27.0 Å². The molecule has 0 saturated carbocycles. The Balaban J connectivity index is 1.27. The monoisotopic (exact) mass is 378 g/mol. The molecule has 1 aromatic heterocycles. The molecule has 1 N–H and O–H groups in total. The standard InChI is InChI=1S/C22H26N4O2/c1-28-18-8-9-19-20(15-18)24-21(23-19)16-25-11-13-26(14-12-25)22(27)10-7-17-5-3-2-4-6-17/h2-6,8-9,15H,7,10-14,16H2,1H3,(H,23,24). The molecule has 1 saturated heterocycles. The van der Waals surface area contributed by atoms with Crippen molar-refractivity contribution in [2.45, 2.75) is 19.4 Å². The van der Waals surface area contributed by atoms with E-state index in [-0.39, 0.29) is 5.91 Å². The maximum atomic E-state index is 12.5. The third-order valence-electron chi connectivity index (χ3n) is 5.31. The van der Waals surface area contributed by atoms with Crippen molar-refractivity contribution in [2.75, 3.05) is 33.3 Å². The van der Waals surface area contributed by atoms with E-state index >= 15 is 0 Å². The number of H-pyrrole nitrogens is 1. The number of carbonyl (C=O) groups is 1. The van der Waals surface area contributed by atoms with Crippen LogP contribution < -0.4 is 4.74 Å². The Bertz CT molecular complexity index is 930. The fourth-order valence-corrected chi connectivity index (χ4v) is 3.66. The van der Waals surface area contributed by atoms with Crippen LogP contribution in [-0.2, 0) is 17.8 Å². The lowest BCUT2D eigenvalue weighted by Crippen LogP contribution is -2.48. The molecular weight excluding hydrogens is 352 g/mol. The lowest BCUT2D eigenvalue weighted by atomic mass is 10.1. The molecule has 4 rings (SSSR count). The van der Waals surface area contributed by atoms with Gasteiger partial charge in [-0.25, -0.2) is 4.98 Å². The zero-order valence-corrected chi connectivity index (χ0v) is 16.2. The molecule has 2 aromatic carbocycles. The summed E-state index contributed by atoms with van der Waals surface area (Å²) >= 11 is 0. The normalized spacial score (nSPS) is 15.1. The van der Waals surface area contributed by atoms with Crippen molar-refractivity contribution in [3.63, 3.8) is 0 Å². The minimum atomic E-state index is 0.249. The quantitative estimate of drug-likeness (QED) is 0.717. The molecule has 6 heteroatoms. The molecule has 6 nitrogen and oxygen atoms in total. The number of aromatic amines is 1. The van der Waals surface area contributed by atoms with Crippen LogP contribution in [0.3, 0.4) is 0 Å². The molecule has 0 radical (unpaired) electrons. The van der Waals surface area contributed by atoms with E-state index in [0.29, 0.717) is 6.42 Å². The number of carbonyl (C=O) groups excluding carboxylic acids is 1. The average Bonchev–Trinajstić information content (AvgIpc) is 3.14. The van der Waals surface area contributed by atoms with Gasteiger partial charge in [-0.3, -0.25) is 9.69 Å². The molecule has 0 atom stereocenters. The van der Waals surface area contributed by atoms with E-state index in [0.717, 1.165) is 61.8 Å². The smallest absolute Gasteiger partial charge is 0.222 e. The Morgan fingerprint density at radius 2 is 1.89 bits per heavy atom. The number of piperazine rings is 1. The van der Waals surface area contributed by atoms with E-state index in [1.54, 1.807) is 7.11 Å². The minimum Gasteiger partial charge on any atom is -0.497 e. The molecule has 1 aliphatic heterocycles. The largest absolute Gasteiger partial charge is 0.497 e. The molecule has 1 aliphatic rings. The van der Waals surface area contributed by atoms with Crippen LogP contribution in [0.15, 0.2) is 48.5 Å². The predicted octanol–water partition coefficient (Wildman–Crippen LogP) is 2.85. The van der Waals surface area contributed by atoms with Gasteiger partial charge >= 0.3 is 0 Å². The second-order valence-corrected chi connectivity index (χ2v) is 7.21. The number of nitrogens with one attached hydrogen (secondary N) is 1. The van der Waals surface area contributed by atoms with Crippen LogP contribution in [0.25, 0.3) is 11.0 Å². The van der Waals surface area contributed by atoms with Crippen molar-refractivity contribution in [3.05, 3.63) is 59.9 Å². The topological polar surface area (TPSA) is 61.5 Å². The second kappa shape index (κ2) is 8.44. The molecule has 0 bridgehead atoms. The van der Waals surface area contributed by atoms with Gasteiger partial charge in [0.2, 0.25) is 5.91 Å². The molecule has 0 spiro atoms. The maximum Gasteiger partial charge on any atom is 0.222 e. The Hall–Kier alpha value is -2.86. The third-order valence-corrected chi connectivity index (χ3v) is 5.31. The van der Waals surface area contributed by atoms with Gasteiger partial charge in [-0.2, -0.15) is 0 Å². The lowest BCUT2D eigenvalue weighted by molar-refractivity contribution is -0.133. The lowest BCUT2D eigenvalue weighted by Gasteiger charge is -2.34. The summed E-state index contributed by atoms with van der Waals surface area (Å²) < 4.78 is 5.27. The summed E-state index contributed by atoms with van der Waals surface area (Å²) in [5, 5.41) is 0. The average molecular weight is 378 g/mol. The van der Waals surface area contributed by atoms with Crippen LogP contribution in [-0.4, -0.2) is 59.0 Å². The zero-order chi connectivity index (χ0) is 19.3. The van der Waals surface area contributed by atoms with E-state index < -0.39 is 0 Å². The van der Waals surface area contributed by atoms with Crippen LogP contribution in [0.2, 0.25) is 0 Å². The third kappa shape index (κ3) is 4.34. The summed E-state index contributed by atoms with van der Waals surface area (Å²) in [5.41, 5.74) is 3.16. The van der Waals surface area contributed by atoms with E-state index in [1.807, 2.05) is 41.3 Å². The van der Waals surface area contributed by atoms with Gasteiger partial charge < -0.3 is 14.6 Å². The summed E-state index contributed by atoms with van der Waals surface area (Å²) in [6.45, 7) is 4.07. The van der Waals surface area contributed by atoms with Crippen molar-refractivity contribution in [1.29, 1.82) is 0 Å². The fourth-order valence-electron chi connectivity index (χ4n) is 3.66. The maximum absolute atomic E-state index is 12.5. The first-order valence-electron chi connectivity index (χ1n) is 9.78. The van der Waals surface area contributed by atoms with Gasteiger partial charge in [0.15, 0.2) is 0 Å². The molecule has 1 fully saturated rings. The molecule has 146 valence electrons. The number of rotatable bonds is 6. The second-order valence-electron chi connectivity index (χ2n) is 7.21. The van der Waals surface area contributed by atoms with Gasteiger partial charge in [0.05, 0.1) is 24.7 Å². The van der Waals surface area contributed by atoms with E-state index in [4.69, 9.17) is 4.74 Å². The summed E-state index contributed by atoms with van der Waals surface area (Å²) in [5.74, 6) is 2.02. The number of aryl methyl sites for hydroxylation is 1. The van der Waals surface area contributed by atoms with Crippen molar-refractivity contribution in [2.24, 2.45) is 0 Å². The minimum absolute atomic E-state index is 0.249. The summed E-state index contributed by atoms with van der Waals surface area (Å²) in [6.07, 6.45) is 1.39. The Labute approximate surface area is 165 Å². The fraction of sp³-hybridized carbons (Fsp3) is 0.364. The van der Waals surface area contributed by atoms with Crippen molar-refractivity contribution >= 4 is 16.9 Å². The number of aromatic nitrogens is 2. The van der Waals surface area contributed by atoms with Crippen LogP contribution in [0.1, 0.15) is 17.8 Å². The van der Waals surface area contributed by atoms with Crippen LogP contribution in [0.5, 0.6) is 5.75 Å². The summed E-state index contributed by atoms with van der Waals surface area (Å²) in [7, 11) is 1.67. The van der Waals surface area contributed by atoms with Gasteiger partial charge in [0.25, 0.3) is 0 Å². The van der Waals surface area contributed by atoms with E-state index in [1.165, 1.54) is 5.56 Å². The first-order valence-corrected chi connectivity index (χ1v) is 9.78. The van der Waals surface area contributed by atoms with Crippen molar-refractivity contribution in [1.82, 2.24) is 19.8 Å². The molecule has 0 aliphatic carbocycles. The molecule has 3 aromatic rings. The Morgan fingerprint density at radius 3 is 2.64 bits per heavy atom. The van der Waals surface area contributed by atoms with Crippen molar-refractivity contribution < 1.29 is 9.53 Å². The number of hydrogen-bond acceptors (Lipinski definition) is 4. The number of hydrogen-bond donors (Lipinski definition) is 1. The summed E-state index contributed by atoms with van der Waals surface area (Å²) in [6, 6.07) is 16.1. The predicted molar refractivity (Wildman–Crippen MR) is 109 cm³/mol. The molecule has 2 heterocycles. The van der Waals surface area contributed by atoms with Crippen LogP contribution >= 0.6 is 0 Å². The Morgan fingerprint density at radius 1 is 1.11 bits per heavy atom. The van der Waals surface area contributed by atoms with Crippen LogP contribution in [0.4, 0.5) is 0 Å². The van der Waals surface area contributed by atoms with Crippen LogP contribution in [0, 0.1) is 0 Å². The highest BCUT2D eigenvalue weighted by molar-refractivity contribution is 5.77. The number of nitrogens with zero attached hydrogens (tertiary/aromatic N) is 3. The van der Waals surface area contributed by atoms with E-state index in [9.17, 15) is 4.79 Å². The zero-order valence-electron chi connectivity index (χ0n) is 16.2. The molecular formula is C22H26N4O2. The summed E-state index contributed by atoms with van der Waals surface area (Å²) in [4.78, 5) is 24.9. The Kier molecular flexibility index (Phi) is 5.58. The van der Waals surface area contributed by atoms with Gasteiger partial charge in [0, 0.05) is 38.7 Å². The first-order chi connectivity index (χ1) is 13.7. The van der Waals surface area contributed by atoms with Gasteiger partial charge in [-0.1, -0.05) is 30.3 Å². The highest BCUT2D eigenvalue weighted by Gasteiger charge is 2.21. The number of methoxy groups -OCH3 is 1. The van der Waals surface area contributed by atoms with Gasteiger partial charge in [-0.05, 0) is 24.1 Å². The van der Waals surface area contributed by atoms with Crippen molar-refractivity contribution in [3.8, 4) is 5.75 Å². The highest BCUT2D eigenvalue weighted by Crippen LogP contribution is 2.19.